The molecule has 1 aromatic rings. The van der Waals surface area contributed by atoms with E-state index in [4.69, 9.17) is 16.7 Å². The molecule has 1 aliphatic carbocycles. The van der Waals surface area contributed by atoms with Gasteiger partial charge in [-0.1, -0.05) is 36.7 Å². The molecule has 1 saturated carbocycles. The van der Waals surface area contributed by atoms with Gasteiger partial charge in [0.1, 0.15) is 0 Å². The van der Waals surface area contributed by atoms with E-state index in [1.807, 2.05) is 19.1 Å². The van der Waals surface area contributed by atoms with Crippen LogP contribution in [0.4, 0.5) is 0 Å². The van der Waals surface area contributed by atoms with Gasteiger partial charge >= 0.3 is 0 Å². The second-order valence-corrected chi connectivity index (χ2v) is 4.49. The van der Waals surface area contributed by atoms with Crippen molar-refractivity contribution < 1.29 is 5.11 Å². The van der Waals surface area contributed by atoms with Gasteiger partial charge in [0, 0.05) is 17.5 Å². The van der Waals surface area contributed by atoms with E-state index in [0.717, 1.165) is 10.6 Å². The summed E-state index contributed by atoms with van der Waals surface area (Å²) in [5.74, 6) is 0.814. The fraction of sp³-hybridized carbons (Fsp3) is 0.500. The van der Waals surface area contributed by atoms with E-state index in [1.165, 1.54) is 18.4 Å². The Morgan fingerprint density at radius 3 is 2.79 bits per heavy atom. The van der Waals surface area contributed by atoms with E-state index in [9.17, 15) is 0 Å². The Morgan fingerprint density at radius 2 is 2.21 bits per heavy atom. The van der Waals surface area contributed by atoms with Crippen LogP contribution in [-0.4, -0.2) is 11.7 Å². The summed E-state index contributed by atoms with van der Waals surface area (Å²) in [4.78, 5) is 0. The van der Waals surface area contributed by atoms with Gasteiger partial charge in [0.25, 0.3) is 0 Å². The van der Waals surface area contributed by atoms with Crippen molar-refractivity contribution in [3.05, 3.63) is 34.3 Å². The minimum absolute atomic E-state index is 0.140. The highest BCUT2D eigenvalue weighted by Crippen LogP contribution is 2.44. The molecule has 1 atom stereocenters. The van der Waals surface area contributed by atoms with Crippen LogP contribution in [0.5, 0.6) is 0 Å². The Morgan fingerprint density at radius 1 is 1.50 bits per heavy atom. The monoisotopic (exact) mass is 210 g/mol. The van der Waals surface area contributed by atoms with Gasteiger partial charge in [0.2, 0.25) is 0 Å². The number of aliphatic hydroxyl groups excluding tert-OH is 1. The number of hydrogen-bond acceptors (Lipinski definition) is 1. The molecule has 0 aromatic heterocycles. The van der Waals surface area contributed by atoms with Crippen molar-refractivity contribution >= 4 is 11.6 Å². The van der Waals surface area contributed by atoms with E-state index in [1.54, 1.807) is 0 Å². The zero-order valence-corrected chi connectivity index (χ0v) is 9.09. The van der Waals surface area contributed by atoms with Crippen LogP contribution < -0.4 is 0 Å². The summed E-state index contributed by atoms with van der Waals surface area (Å²) in [5.41, 5.74) is 2.35. The molecular weight excluding hydrogens is 196 g/mol. The minimum Gasteiger partial charge on any atom is -0.396 e. The Bertz CT molecular complexity index is 331. The fourth-order valence-corrected chi connectivity index (χ4v) is 2.22. The number of benzene rings is 1. The number of aliphatic hydroxyl groups is 1. The summed E-state index contributed by atoms with van der Waals surface area (Å²) < 4.78 is 0. The molecule has 0 aliphatic heterocycles. The average molecular weight is 211 g/mol. The molecule has 1 aromatic carbocycles. The first-order valence-electron chi connectivity index (χ1n) is 5.13. The summed E-state index contributed by atoms with van der Waals surface area (Å²) in [7, 11) is 0. The van der Waals surface area contributed by atoms with E-state index < -0.39 is 0 Å². The molecule has 1 aliphatic rings. The summed E-state index contributed by atoms with van der Waals surface area (Å²) in [6.07, 6.45) is 2.52. The van der Waals surface area contributed by atoms with E-state index >= 15 is 0 Å². The van der Waals surface area contributed by atoms with Crippen LogP contribution in [0.1, 0.15) is 42.7 Å². The molecule has 2 heteroatoms. The zero-order valence-electron chi connectivity index (χ0n) is 8.33. The van der Waals surface area contributed by atoms with Gasteiger partial charge in [0.15, 0.2) is 0 Å². The normalized spacial score (nSPS) is 18.2. The lowest BCUT2D eigenvalue weighted by molar-refractivity contribution is 0.273. The van der Waals surface area contributed by atoms with Gasteiger partial charge in [-0.25, -0.2) is 0 Å². The molecule has 0 amide bonds. The fourth-order valence-electron chi connectivity index (χ4n) is 1.76. The predicted octanol–water partition coefficient (Wildman–Crippen LogP) is 3.31. The highest BCUT2D eigenvalue weighted by Gasteiger charge is 2.26. The lowest BCUT2D eigenvalue weighted by Crippen LogP contribution is -2.01. The Labute approximate surface area is 89.7 Å². The van der Waals surface area contributed by atoms with Crippen LogP contribution in [0.2, 0.25) is 5.02 Å². The Hall–Kier alpha value is -0.530. The molecule has 0 radical (unpaired) electrons. The van der Waals surface area contributed by atoms with E-state index in [2.05, 4.69) is 6.07 Å². The van der Waals surface area contributed by atoms with Crippen molar-refractivity contribution in [2.75, 3.05) is 6.61 Å². The zero-order chi connectivity index (χ0) is 10.1. The number of rotatable bonds is 3. The second-order valence-electron chi connectivity index (χ2n) is 4.11. The molecular formula is C12H15ClO. The van der Waals surface area contributed by atoms with Crippen molar-refractivity contribution in [1.82, 2.24) is 0 Å². The summed E-state index contributed by atoms with van der Waals surface area (Å²) in [6, 6.07) is 6.16. The maximum absolute atomic E-state index is 9.10. The Balaban J connectivity index is 2.35. The van der Waals surface area contributed by atoms with Crippen LogP contribution in [-0.2, 0) is 0 Å². The first-order valence-corrected chi connectivity index (χ1v) is 5.51. The molecule has 1 N–H and O–H groups in total. The molecule has 14 heavy (non-hydrogen) atoms. The van der Waals surface area contributed by atoms with Crippen molar-refractivity contribution in [2.24, 2.45) is 0 Å². The largest absolute Gasteiger partial charge is 0.396 e. The number of halogens is 1. The Kier molecular flexibility index (Phi) is 2.80. The third-order valence-corrected chi connectivity index (χ3v) is 3.32. The van der Waals surface area contributed by atoms with Crippen molar-refractivity contribution in [2.45, 2.75) is 31.6 Å². The maximum Gasteiger partial charge on any atom is 0.0497 e. The third-order valence-electron chi connectivity index (χ3n) is 2.88. The SMILES string of the molecule is CC(CO)c1cccc(C2CC2)c1Cl. The van der Waals surface area contributed by atoms with Crippen molar-refractivity contribution in [1.29, 1.82) is 0 Å². The van der Waals surface area contributed by atoms with Gasteiger partial charge in [-0.15, -0.1) is 0 Å². The lowest BCUT2D eigenvalue weighted by atomic mass is 9.98. The standard InChI is InChI=1S/C12H15ClO/c1-8(7-14)10-3-2-4-11(12(10)13)9-5-6-9/h2-4,8-9,14H,5-7H2,1H3. The number of hydrogen-bond donors (Lipinski definition) is 1. The molecule has 0 bridgehead atoms. The molecule has 1 nitrogen and oxygen atoms in total. The molecule has 1 unspecified atom stereocenters. The highest BCUT2D eigenvalue weighted by molar-refractivity contribution is 6.32. The van der Waals surface area contributed by atoms with E-state index in [0.29, 0.717) is 5.92 Å². The van der Waals surface area contributed by atoms with Gasteiger partial charge < -0.3 is 5.11 Å². The predicted molar refractivity (Wildman–Crippen MR) is 58.9 cm³/mol. The quantitative estimate of drug-likeness (QED) is 0.812. The van der Waals surface area contributed by atoms with Crippen LogP contribution in [0.15, 0.2) is 18.2 Å². The molecule has 0 spiro atoms. The van der Waals surface area contributed by atoms with Crippen molar-refractivity contribution in [3.8, 4) is 0 Å². The van der Waals surface area contributed by atoms with Gasteiger partial charge in [-0.2, -0.15) is 0 Å². The average Bonchev–Trinajstić information content (AvgIpc) is 3.01. The summed E-state index contributed by atoms with van der Waals surface area (Å²) in [5, 5.41) is 9.97. The first kappa shape index (κ1) is 10.0. The van der Waals surface area contributed by atoms with E-state index in [-0.39, 0.29) is 12.5 Å². The second kappa shape index (κ2) is 3.92. The van der Waals surface area contributed by atoms with Crippen LogP contribution in [0.3, 0.4) is 0 Å². The highest BCUT2D eigenvalue weighted by atomic mass is 35.5. The smallest absolute Gasteiger partial charge is 0.0497 e. The molecule has 1 fully saturated rings. The molecule has 76 valence electrons. The first-order chi connectivity index (χ1) is 6.74. The maximum atomic E-state index is 9.10. The molecule has 2 rings (SSSR count). The van der Waals surface area contributed by atoms with Crippen LogP contribution >= 0.6 is 11.6 Å². The van der Waals surface area contributed by atoms with Gasteiger partial charge in [-0.3, -0.25) is 0 Å². The molecule has 0 heterocycles. The topological polar surface area (TPSA) is 20.2 Å². The van der Waals surface area contributed by atoms with Crippen LogP contribution in [0.25, 0.3) is 0 Å². The van der Waals surface area contributed by atoms with Gasteiger partial charge in [0.05, 0.1) is 0 Å². The summed E-state index contributed by atoms with van der Waals surface area (Å²) >= 11 is 6.31. The third kappa shape index (κ3) is 1.79. The van der Waals surface area contributed by atoms with Crippen molar-refractivity contribution in [3.63, 3.8) is 0 Å². The minimum atomic E-state index is 0.140. The van der Waals surface area contributed by atoms with Crippen LogP contribution in [0, 0.1) is 0 Å². The van der Waals surface area contributed by atoms with Gasteiger partial charge in [-0.05, 0) is 29.9 Å². The lowest BCUT2D eigenvalue weighted by Gasteiger charge is -2.13. The summed E-state index contributed by atoms with van der Waals surface area (Å²) in [6.45, 7) is 2.16. The molecule has 0 saturated heterocycles.